The molecule has 54 valence electrons. The zero-order valence-electron chi connectivity index (χ0n) is 5.43. The van der Waals surface area contributed by atoms with Gasteiger partial charge in [0.15, 0.2) is 0 Å². The van der Waals surface area contributed by atoms with Crippen molar-refractivity contribution in [1.29, 1.82) is 0 Å². The highest BCUT2D eigenvalue weighted by Gasteiger charge is 2.04. The fraction of sp³-hybridized carbons (Fsp3) is 0.250. The van der Waals surface area contributed by atoms with Gasteiger partial charge >= 0.3 is 0 Å². The van der Waals surface area contributed by atoms with Crippen LogP contribution >= 0.6 is 11.6 Å². The van der Waals surface area contributed by atoms with Crippen molar-refractivity contribution in [3.8, 4) is 0 Å². The van der Waals surface area contributed by atoms with Gasteiger partial charge in [-0.3, -0.25) is 0 Å². The van der Waals surface area contributed by atoms with Crippen LogP contribution in [0.3, 0.4) is 0 Å². The lowest BCUT2D eigenvalue weighted by Crippen LogP contribution is -1.90. The Hall–Kier alpha value is -0.560. The molecule has 0 N–H and O–H groups in total. The van der Waals surface area contributed by atoms with Gasteiger partial charge < -0.3 is 0 Å². The molecule has 0 bridgehead atoms. The van der Waals surface area contributed by atoms with Crippen LogP contribution in [0.15, 0.2) is 30.3 Å². The summed E-state index contributed by atoms with van der Waals surface area (Å²) in [5.74, 6) is 0. The Morgan fingerprint density at radius 2 is 1.90 bits per heavy atom. The SMILES string of the molecule is FCC(Cl)c1ccccc1. The zero-order valence-corrected chi connectivity index (χ0v) is 6.18. The van der Waals surface area contributed by atoms with E-state index < -0.39 is 12.1 Å². The molecule has 0 nitrogen and oxygen atoms in total. The van der Waals surface area contributed by atoms with Crippen LogP contribution in [-0.4, -0.2) is 6.67 Å². The third kappa shape index (κ3) is 1.71. The third-order valence-electron chi connectivity index (χ3n) is 1.30. The normalized spacial score (nSPS) is 13.0. The van der Waals surface area contributed by atoms with E-state index in [9.17, 15) is 4.39 Å². The molecule has 0 spiro atoms. The van der Waals surface area contributed by atoms with Crippen LogP contribution in [0.25, 0.3) is 0 Å². The van der Waals surface area contributed by atoms with Crippen molar-refractivity contribution in [2.45, 2.75) is 5.38 Å². The monoisotopic (exact) mass is 158 g/mol. The average Bonchev–Trinajstić information content (AvgIpc) is 2.05. The quantitative estimate of drug-likeness (QED) is 0.581. The Balaban J connectivity index is 2.75. The second-order valence-electron chi connectivity index (χ2n) is 2.03. The summed E-state index contributed by atoms with van der Waals surface area (Å²) in [5, 5.41) is -0.485. The highest BCUT2D eigenvalue weighted by Crippen LogP contribution is 2.19. The maximum absolute atomic E-state index is 11.9. The summed E-state index contributed by atoms with van der Waals surface area (Å²) in [6, 6.07) is 9.21. The Morgan fingerprint density at radius 3 is 2.40 bits per heavy atom. The van der Waals surface area contributed by atoms with Crippen molar-refractivity contribution in [1.82, 2.24) is 0 Å². The molecule has 2 heteroatoms. The topological polar surface area (TPSA) is 0 Å². The number of hydrogen-bond donors (Lipinski definition) is 0. The lowest BCUT2D eigenvalue weighted by atomic mass is 10.2. The van der Waals surface area contributed by atoms with Gasteiger partial charge in [0, 0.05) is 0 Å². The lowest BCUT2D eigenvalue weighted by Gasteiger charge is -2.02. The van der Waals surface area contributed by atoms with Crippen LogP contribution in [0.2, 0.25) is 0 Å². The van der Waals surface area contributed by atoms with Gasteiger partial charge in [0.2, 0.25) is 0 Å². The van der Waals surface area contributed by atoms with E-state index in [4.69, 9.17) is 11.6 Å². The first kappa shape index (κ1) is 7.55. The van der Waals surface area contributed by atoms with Gasteiger partial charge in [-0.25, -0.2) is 4.39 Å². The number of rotatable bonds is 2. The average molecular weight is 159 g/mol. The van der Waals surface area contributed by atoms with E-state index in [0.29, 0.717) is 0 Å². The van der Waals surface area contributed by atoms with Crippen LogP contribution in [0.5, 0.6) is 0 Å². The van der Waals surface area contributed by atoms with Crippen molar-refractivity contribution in [2.75, 3.05) is 6.67 Å². The van der Waals surface area contributed by atoms with Gasteiger partial charge in [-0.2, -0.15) is 0 Å². The van der Waals surface area contributed by atoms with Gasteiger partial charge in [0.05, 0.1) is 5.38 Å². The molecule has 0 fully saturated rings. The predicted octanol–water partition coefficient (Wildman–Crippen LogP) is 2.94. The smallest absolute Gasteiger partial charge is 0.110 e. The molecule has 0 heterocycles. The molecule has 0 aliphatic heterocycles. The van der Waals surface area contributed by atoms with Gasteiger partial charge in [-0.05, 0) is 5.56 Å². The Labute approximate surface area is 64.6 Å². The van der Waals surface area contributed by atoms with E-state index in [1.807, 2.05) is 30.3 Å². The van der Waals surface area contributed by atoms with Crippen LogP contribution in [0.4, 0.5) is 4.39 Å². The second kappa shape index (κ2) is 3.57. The van der Waals surface area contributed by atoms with E-state index in [2.05, 4.69) is 0 Å². The molecule has 0 aliphatic carbocycles. The maximum atomic E-state index is 11.9. The Kier molecular flexibility index (Phi) is 2.69. The molecule has 1 unspecified atom stereocenters. The molecular weight excluding hydrogens is 151 g/mol. The third-order valence-corrected chi connectivity index (χ3v) is 1.67. The van der Waals surface area contributed by atoms with Crippen molar-refractivity contribution in [2.24, 2.45) is 0 Å². The van der Waals surface area contributed by atoms with Crippen molar-refractivity contribution in [3.05, 3.63) is 35.9 Å². The maximum Gasteiger partial charge on any atom is 0.110 e. The molecule has 0 amide bonds. The van der Waals surface area contributed by atoms with Gasteiger partial charge in [-0.1, -0.05) is 30.3 Å². The molecule has 1 aromatic rings. The van der Waals surface area contributed by atoms with E-state index in [1.165, 1.54) is 0 Å². The fourth-order valence-electron chi connectivity index (χ4n) is 0.751. The minimum absolute atomic E-state index is 0.485. The fourth-order valence-corrected chi connectivity index (χ4v) is 0.896. The summed E-state index contributed by atoms with van der Waals surface area (Å²) < 4.78 is 11.9. The number of alkyl halides is 2. The Bertz CT molecular complexity index is 186. The standard InChI is InChI=1S/C8H8ClF/c9-8(6-10)7-4-2-1-3-5-7/h1-5,8H,6H2. The zero-order chi connectivity index (χ0) is 7.40. The van der Waals surface area contributed by atoms with Gasteiger partial charge in [-0.15, -0.1) is 11.6 Å². The second-order valence-corrected chi connectivity index (χ2v) is 2.56. The van der Waals surface area contributed by atoms with Crippen LogP contribution < -0.4 is 0 Å². The summed E-state index contributed by atoms with van der Waals surface area (Å²) >= 11 is 5.62. The summed E-state index contributed by atoms with van der Waals surface area (Å²) in [7, 11) is 0. The van der Waals surface area contributed by atoms with Crippen molar-refractivity contribution < 1.29 is 4.39 Å². The molecule has 0 aromatic heterocycles. The van der Waals surface area contributed by atoms with E-state index in [-0.39, 0.29) is 0 Å². The molecule has 0 aliphatic rings. The van der Waals surface area contributed by atoms with E-state index in [1.54, 1.807) is 0 Å². The molecule has 0 radical (unpaired) electrons. The highest BCUT2D eigenvalue weighted by atomic mass is 35.5. The first-order valence-electron chi connectivity index (χ1n) is 3.09. The largest absolute Gasteiger partial charge is 0.249 e. The van der Waals surface area contributed by atoms with Gasteiger partial charge in [0.25, 0.3) is 0 Å². The van der Waals surface area contributed by atoms with Crippen molar-refractivity contribution >= 4 is 11.6 Å². The first-order chi connectivity index (χ1) is 4.84. The molecular formula is C8H8ClF. The molecule has 1 atom stereocenters. The molecule has 0 saturated heterocycles. The molecule has 1 rings (SSSR count). The molecule has 10 heavy (non-hydrogen) atoms. The predicted molar refractivity (Wildman–Crippen MR) is 41.0 cm³/mol. The van der Waals surface area contributed by atoms with Crippen molar-refractivity contribution in [3.63, 3.8) is 0 Å². The van der Waals surface area contributed by atoms with E-state index >= 15 is 0 Å². The van der Waals surface area contributed by atoms with E-state index in [0.717, 1.165) is 5.56 Å². The minimum atomic E-state index is -0.508. The number of halogens is 2. The van der Waals surface area contributed by atoms with Crippen LogP contribution in [-0.2, 0) is 0 Å². The highest BCUT2D eigenvalue weighted by molar-refractivity contribution is 6.20. The summed E-state index contributed by atoms with van der Waals surface area (Å²) in [5.41, 5.74) is 0.840. The lowest BCUT2D eigenvalue weighted by molar-refractivity contribution is 0.486. The summed E-state index contributed by atoms with van der Waals surface area (Å²) in [4.78, 5) is 0. The number of hydrogen-bond acceptors (Lipinski definition) is 0. The first-order valence-corrected chi connectivity index (χ1v) is 3.53. The molecule has 1 aromatic carbocycles. The Morgan fingerprint density at radius 1 is 1.30 bits per heavy atom. The summed E-state index contributed by atoms with van der Waals surface area (Å²) in [6.45, 7) is -0.508. The molecule has 0 saturated carbocycles. The minimum Gasteiger partial charge on any atom is -0.249 e. The van der Waals surface area contributed by atoms with Crippen LogP contribution in [0, 0.1) is 0 Å². The number of benzene rings is 1. The van der Waals surface area contributed by atoms with Gasteiger partial charge in [0.1, 0.15) is 6.67 Å². The van der Waals surface area contributed by atoms with Crippen LogP contribution in [0.1, 0.15) is 10.9 Å². The summed E-state index contributed by atoms with van der Waals surface area (Å²) in [6.07, 6.45) is 0.